The molecule has 1 atom stereocenters. The van der Waals surface area contributed by atoms with E-state index in [1.165, 1.54) is 0 Å². The van der Waals surface area contributed by atoms with E-state index in [0.717, 1.165) is 16.6 Å². The van der Waals surface area contributed by atoms with Gasteiger partial charge in [0.15, 0.2) is 5.82 Å². The summed E-state index contributed by atoms with van der Waals surface area (Å²) in [5, 5.41) is 4.81. The molecule has 7 heteroatoms. The maximum Gasteiger partial charge on any atom is 0.255 e. The highest BCUT2D eigenvalue weighted by atomic mass is 16.5. The minimum absolute atomic E-state index is 0.0718. The Kier molecular flexibility index (Phi) is 3.93. The number of morpholine rings is 1. The Morgan fingerprint density at radius 2 is 2.08 bits per heavy atom. The van der Waals surface area contributed by atoms with E-state index in [-0.39, 0.29) is 11.9 Å². The van der Waals surface area contributed by atoms with E-state index < -0.39 is 0 Å². The molecule has 2 aromatic heterocycles. The highest BCUT2D eigenvalue weighted by Gasteiger charge is 2.33. The lowest BCUT2D eigenvalue weighted by atomic mass is 10.0. The van der Waals surface area contributed by atoms with Crippen LogP contribution in [0.5, 0.6) is 0 Å². The fraction of sp³-hybridized carbons (Fsp3) is 0.333. The van der Waals surface area contributed by atoms with E-state index in [0.29, 0.717) is 37.0 Å². The largest absolute Gasteiger partial charge is 0.377 e. The van der Waals surface area contributed by atoms with E-state index in [1.54, 1.807) is 11.8 Å². The van der Waals surface area contributed by atoms with Crippen LogP contribution in [0.15, 0.2) is 34.9 Å². The molecule has 1 saturated heterocycles. The third-order valence-electron chi connectivity index (χ3n) is 4.31. The molecular weight excluding hydrogens is 320 g/mol. The number of nitrogens with zero attached hydrogens (tertiary/aromatic N) is 4. The number of ether oxygens (including phenoxy) is 1. The molecular formula is C18H18N4O3. The van der Waals surface area contributed by atoms with Crippen LogP contribution >= 0.6 is 0 Å². The van der Waals surface area contributed by atoms with Gasteiger partial charge in [0, 0.05) is 24.5 Å². The first kappa shape index (κ1) is 15.7. The van der Waals surface area contributed by atoms with Crippen LogP contribution in [-0.2, 0) is 4.74 Å². The van der Waals surface area contributed by atoms with Crippen LogP contribution < -0.4 is 0 Å². The maximum absolute atomic E-state index is 13.3. The van der Waals surface area contributed by atoms with Crippen molar-refractivity contribution in [2.45, 2.75) is 19.9 Å². The summed E-state index contributed by atoms with van der Waals surface area (Å²) in [6.07, 6.45) is 0. The van der Waals surface area contributed by atoms with Crippen molar-refractivity contribution in [2.24, 2.45) is 0 Å². The van der Waals surface area contributed by atoms with Crippen molar-refractivity contribution in [2.75, 3.05) is 19.8 Å². The molecule has 1 aliphatic heterocycles. The number of amides is 1. The van der Waals surface area contributed by atoms with Gasteiger partial charge in [-0.2, -0.15) is 4.98 Å². The van der Waals surface area contributed by atoms with Crippen LogP contribution in [-0.4, -0.2) is 45.7 Å². The van der Waals surface area contributed by atoms with Gasteiger partial charge in [-0.1, -0.05) is 23.4 Å². The van der Waals surface area contributed by atoms with E-state index in [2.05, 4.69) is 15.1 Å². The molecule has 0 radical (unpaired) electrons. The van der Waals surface area contributed by atoms with Gasteiger partial charge in [0.25, 0.3) is 5.91 Å². The summed E-state index contributed by atoms with van der Waals surface area (Å²) >= 11 is 0. The smallest absolute Gasteiger partial charge is 0.255 e. The molecule has 0 aliphatic carbocycles. The number of carbonyl (C=O) groups is 1. The number of benzene rings is 1. The first-order chi connectivity index (χ1) is 12.1. The van der Waals surface area contributed by atoms with Gasteiger partial charge < -0.3 is 14.2 Å². The number of carbonyl (C=O) groups excluding carboxylic acids is 1. The third kappa shape index (κ3) is 2.87. The first-order valence-corrected chi connectivity index (χ1v) is 8.19. The minimum Gasteiger partial charge on any atom is -0.377 e. The van der Waals surface area contributed by atoms with Crippen molar-refractivity contribution >= 4 is 16.8 Å². The monoisotopic (exact) mass is 338 g/mol. The lowest BCUT2D eigenvalue weighted by Crippen LogP contribution is -2.44. The van der Waals surface area contributed by atoms with Crippen molar-refractivity contribution in [1.82, 2.24) is 20.0 Å². The summed E-state index contributed by atoms with van der Waals surface area (Å²) in [6, 6.07) is 9.14. The molecule has 128 valence electrons. The molecule has 0 spiro atoms. The Balaban J connectivity index is 1.76. The topological polar surface area (TPSA) is 81.4 Å². The van der Waals surface area contributed by atoms with Crippen LogP contribution in [0.3, 0.4) is 0 Å². The van der Waals surface area contributed by atoms with E-state index >= 15 is 0 Å². The molecule has 1 aliphatic rings. The van der Waals surface area contributed by atoms with Crippen LogP contribution in [0.1, 0.15) is 33.8 Å². The Hall–Kier alpha value is -2.80. The zero-order chi connectivity index (χ0) is 17.4. The minimum atomic E-state index is -0.356. The zero-order valence-corrected chi connectivity index (χ0v) is 14.1. The molecule has 0 N–H and O–H groups in total. The Bertz CT molecular complexity index is 937. The lowest BCUT2D eigenvalue weighted by Gasteiger charge is -2.34. The van der Waals surface area contributed by atoms with Gasteiger partial charge in [-0.05, 0) is 19.1 Å². The van der Waals surface area contributed by atoms with E-state index in [4.69, 9.17) is 9.26 Å². The fourth-order valence-corrected chi connectivity index (χ4v) is 3.15. The number of para-hydroxylation sites is 1. The molecule has 25 heavy (non-hydrogen) atoms. The molecule has 3 heterocycles. The molecule has 7 nitrogen and oxygen atoms in total. The fourth-order valence-electron chi connectivity index (χ4n) is 3.15. The summed E-state index contributed by atoms with van der Waals surface area (Å²) in [5.41, 5.74) is 2.25. The quantitative estimate of drug-likeness (QED) is 0.714. The number of hydrogen-bond acceptors (Lipinski definition) is 6. The molecule has 3 aromatic rings. The maximum atomic E-state index is 13.3. The van der Waals surface area contributed by atoms with Crippen molar-refractivity contribution < 1.29 is 14.1 Å². The van der Waals surface area contributed by atoms with Crippen molar-refractivity contribution in [1.29, 1.82) is 0 Å². The second kappa shape index (κ2) is 6.25. The van der Waals surface area contributed by atoms with Crippen LogP contribution in [0.2, 0.25) is 0 Å². The van der Waals surface area contributed by atoms with Gasteiger partial charge in [0.05, 0.1) is 24.3 Å². The Labute approximate surface area is 144 Å². The van der Waals surface area contributed by atoms with E-state index in [9.17, 15) is 4.79 Å². The highest BCUT2D eigenvalue weighted by molar-refractivity contribution is 6.06. The third-order valence-corrected chi connectivity index (χ3v) is 4.31. The van der Waals surface area contributed by atoms with Crippen LogP contribution in [0.4, 0.5) is 0 Å². The molecule has 1 amide bonds. The number of rotatable bonds is 2. The van der Waals surface area contributed by atoms with Gasteiger partial charge in [0.2, 0.25) is 5.89 Å². The van der Waals surface area contributed by atoms with Gasteiger partial charge in [0.1, 0.15) is 6.04 Å². The van der Waals surface area contributed by atoms with Gasteiger partial charge in [-0.3, -0.25) is 9.78 Å². The summed E-state index contributed by atoms with van der Waals surface area (Å²) in [6.45, 7) is 4.94. The van der Waals surface area contributed by atoms with Gasteiger partial charge in [-0.25, -0.2) is 0 Å². The standard InChI is InChI=1S/C18H18N4O3/c1-11-9-14(13-5-3-4-6-15(13)19-11)18(23)22-7-8-24-10-16(22)17-20-12(2)25-21-17/h3-6,9,16H,7-8,10H2,1-2H3/t16-/m1/s1. The molecule has 0 bridgehead atoms. The van der Waals surface area contributed by atoms with Crippen molar-refractivity contribution in [3.63, 3.8) is 0 Å². The number of hydrogen-bond donors (Lipinski definition) is 0. The Morgan fingerprint density at radius 1 is 1.24 bits per heavy atom. The van der Waals surface area contributed by atoms with Gasteiger partial charge in [-0.15, -0.1) is 0 Å². The SMILES string of the molecule is Cc1cc(C(=O)N2CCOC[C@@H]2c2noc(C)n2)c2ccccc2n1. The predicted octanol–water partition coefficient (Wildman–Crippen LogP) is 2.45. The number of aryl methyl sites for hydroxylation is 2. The van der Waals surface area contributed by atoms with Crippen molar-refractivity contribution in [3.8, 4) is 0 Å². The summed E-state index contributed by atoms with van der Waals surface area (Å²) in [4.78, 5) is 23.9. The first-order valence-electron chi connectivity index (χ1n) is 8.19. The molecule has 4 rings (SSSR count). The van der Waals surface area contributed by atoms with Crippen LogP contribution in [0.25, 0.3) is 10.9 Å². The molecule has 0 unspecified atom stereocenters. The average molecular weight is 338 g/mol. The summed E-state index contributed by atoms with van der Waals surface area (Å²) in [5.74, 6) is 0.872. The Morgan fingerprint density at radius 3 is 2.88 bits per heavy atom. The summed E-state index contributed by atoms with van der Waals surface area (Å²) in [7, 11) is 0. The normalized spacial score (nSPS) is 17.8. The number of aromatic nitrogens is 3. The van der Waals surface area contributed by atoms with E-state index in [1.807, 2.05) is 37.3 Å². The lowest BCUT2D eigenvalue weighted by molar-refractivity contribution is -0.00567. The number of pyridine rings is 1. The van der Waals surface area contributed by atoms with Crippen LogP contribution in [0, 0.1) is 13.8 Å². The second-order valence-corrected chi connectivity index (χ2v) is 6.09. The average Bonchev–Trinajstić information content (AvgIpc) is 3.06. The van der Waals surface area contributed by atoms with Gasteiger partial charge >= 0.3 is 0 Å². The highest BCUT2D eigenvalue weighted by Crippen LogP contribution is 2.27. The second-order valence-electron chi connectivity index (χ2n) is 6.09. The summed E-state index contributed by atoms with van der Waals surface area (Å²) < 4.78 is 10.6. The molecule has 0 saturated carbocycles. The zero-order valence-electron chi connectivity index (χ0n) is 14.1. The molecule has 1 aromatic carbocycles. The number of fused-ring (bicyclic) bond motifs is 1. The molecule has 1 fully saturated rings. The van der Waals surface area contributed by atoms with Crippen molar-refractivity contribution in [3.05, 3.63) is 53.3 Å². The predicted molar refractivity (Wildman–Crippen MR) is 90.1 cm³/mol.